The van der Waals surface area contributed by atoms with Crippen LogP contribution in [0.3, 0.4) is 0 Å². The first-order chi connectivity index (χ1) is 8.31. The normalized spacial score (nSPS) is 18.3. The Morgan fingerprint density at radius 2 is 2.24 bits per heavy atom. The molecule has 0 saturated heterocycles. The molecule has 1 atom stereocenters. The minimum atomic E-state index is 0.533. The Balaban J connectivity index is 1.62. The van der Waals surface area contributed by atoms with Crippen LogP contribution in [0.4, 0.5) is 0 Å². The van der Waals surface area contributed by atoms with E-state index in [0.29, 0.717) is 6.04 Å². The number of nitrogens with zero attached hydrogens (tertiary/aromatic N) is 1. The largest absolute Gasteiger partial charge is 0.308 e. The molecule has 2 nitrogen and oxygen atoms in total. The van der Waals surface area contributed by atoms with Crippen LogP contribution in [0, 0.1) is 0 Å². The smallest absolute Gasteiger partial charge is 0.0794 e. The molecule has 3 rings (SSSR count). The van der Waals surface area contributed by atoms with Crippen molar-refractivity contribution >= 4 is 22.9 Å². The number of hydrogen-bond donors (Lipinski definition) is 1. The lowest BCUT2D eigenvalue weighted by atomic mass is 10.1. The molecule has 88 valence electrons. The van der Waals surface area contributed by atoms with Crippen molar-refractivity contribution in [2.75, 3.05) is 0 Å². The van der Waals surface area contributed by atoms with E-state index in [-0.39, 0.29) is 0 Å². The van der Waals surface area contributed by atoms with Crippen LogP contribution in [0.25, 0.3) is 0 Å². The van der Waals surface area contributed by atoms with Gasteiger partial charge in [0.15, 0.2) is 0 Å². The molecule has 4 heteroatoms. The van der Waals surface area contributed by atoms with Crippen LogP contribution in [0.15, 0.2) is 29.9 Å². The van der Waals surface area contributed by atoms with Gasteiger partial charge in [-0.15, -0.1) is 11.3 Å². The van der Waals surface area contributed by atoms with Gasteiger partial charge in [-0.3, -0.25) is 4.98 Å². The standard InChI is InChI=1S/C13H13ClN2S/c14-11-2-1-9-4-12(5-10(9)3-11)16-7-13-6-15-8-17-13/h1-3,6,8,12,16H,4-5,7H2. The third-order valence-corrected chi connectivity index (χ3v) is 4.16. The van der Waals surface area contributed by atoms with E-state index in [4.69, 9.17) is 11.6 Å². The van der Waals surface area contributed by atoms with E-state index >= 15 is 0 Å². The van der Waals surface area contributed by atoms with E-state index in [9.17, 15) is 0 Å². The van der Waals surface area contributed by atoms with Crippen molar-refractivity contribution in [2.24, 2.45) is 0 Å². The third-order valence-electron chi connectivity index (χ3n) is 3.15. The summed E-state index contributed by atoms with van der Waals surface area (Å²) in [7, 11) is 0. The van der Waals surface area contributed by atoms with E-state index in [2.05, 4.69) is 22.4 Å². The topological polar surface area (TPSA) is 24.9 Å². The first-order valence-electron chi connectivity index (χ1n) is 5.69. The molecule has 0 saturated carbocycles. The molecule has 1 aliphatic rings. The summed E-state index contributed by atoms with van der Waals surface area (Å²) in [5, 5.41) is 4.42. The van der Waals surface area contributed by atoms with Crippen LogP contribution < -0.4 is 5.32 Å². The van der Waals surface area contributed by atoms with Crippen LogP contribution in [0.2, 0.25) is 5.02 Å². The fraction of sp³-hybridized carbons (Fsp3) is 0.308. The molecule has 1 N–H and O–H groups in total. The van der Waals surface area contributed by atoms with Crippen molar-refractivity contribution in [2.45, 2.75) is 25.4 Å². The number of thiazole rings is 1. The van der Waals surface area contributed by atoms with Crippen molar-refractivity contribution < 1.29 is 0 Å². The summed E-state index contributed by atoms with van der Waals surface area (Å²) >= 11 is 7.70. The number of aromatic nitrogens is 1. The molecule has 0 bridgehead atoms. The van der Waals surface area contributed by atoms with Gasteiger partial charge in [0.05, 0.1) is 5.51 Å². The molecular weight excluding hydrogens is 252 g/mol. The second kappa shape index (κ2) is 4.77. The van der Waals surface area contributed by atoms with E-state index in [1.54, 1.807) is 11.3 Å². The zero-order valence-electron chi connectivity index (χ0n) is 9.32. The molecule has 0 amide bonds. The molecule has 0 spiro atoms. The number of rotatable bonds is 3. The molecule has 0 radical (unpaired) electrons. The lowest BCUT2D eigenvalue weighted by Crippen LogP contribution is -2.28. The Labute approximate surface area is 110 Å². The average Bonchev–Trinajstić information content (AvgIpc) is 2.94. The maximum atomic E-state index is 6.00. The predicted molar refractivity (Wildman–Crippen MR) is 71.6 cm³/mol. The summed E-state index contributed by atoms with van der Waals surface area (Å²) in [5.74, 6) is 0. The van der Waals surface area contributed by atoms with Crippen molar-refractivity contribution in [1.82, 2.24) is 10.3 Å². The quantitative estimate of drug-likeness (QED) is 0.922. The number of fused-ring (bicyclic) bond motifs is 1. The molecule has 0 aliphatic heterocycles. The van der Waals surface area contributed by atoms with Crippen LogP contribution in [0.1, 0.15) is 16.0 Å². The van der Waals surface area contributed by atoms with Crippen LogP contribution >= 0.6 is 22.9 Å². The van der Waals surface area contributed by atoms with Crippen LogP contribution in [0.5, 0.6) is 0 Å². The molecule has 1 aromatic carbocycles. The van der Waals surface area contributed by atoms with Gasteiger partial charge in [0.25, 0.3) is 0 Å². The number of benzene rings is 1. The van der Waals surface area contributed by atoms with Gasteiger partial charge in [-0.25, -0.2) is 0 Å². The summed E-state index contributed by atoms with van der Waals surface area (Å²) in [6.07, 6.45) is 4.11. The zero-order valence-corrected chi connectivity index (χ0v) is 10.9. The Bertz CT molecular complexity index is 510. The molecular formula is C13H13ClN2S. The summed E-state index contributed by atoms with van der Waals surface area (Å²) in [4.78, 5) is 5.37. The van der Waals surface area contributed by atoms with Crippen molar-refractivity contribution in [3.63, 3.8) is 0 Å². The van der Waals surface area contributed by atoms with E-state index < -0.39 is 0 Å². The van der Waals surface area contributed by atoms with Crippen molar-refractivity contribution in [3.05, 3.63) is 50.9 Å². The molecule has 0 fully saturated rings. The minimum Gasteiger partial charge on any atom is -0.308 e. The van der Waals surface area contributed by atoms with Crippen LogP contribution in [-0.4, -0.2) is 11.0 Å². The first kappa shape index (κ1) is 11.2. The van der Waals surface area contributed by atoms with Crippen molar-refractivity contribution in [1.29, 1.82) is 0 Å². The Hall–Kier alpha value is -0.900. The van der Waals surface area contributed by atoms with Gasteiger partial charge in [-0.1, -0.05) is 17.7 Å². The first-order valence-corrected chi connectivity index (χ1v) is 6.95. The lowest BCUT2D eigenvalue weighted by Gasteiger charge is -2.10. The molecule has 1 heterocycles. The molecule has 2 aromatic rings. The van der Waals surface area contributed by atoms with Gasteiger partial charge in [0.2, 0.25) is 0 Å². The van der Waals surface area contributed by atoms with Gasteiger partial charge in [-0.2, -0.15) is 0 Å². The SMILES string of the molecule is Clc1ccc2c(c1)CC(NCc1cncs1)C2. The lowest BCUT2D eigenvalue weighted by molar-refractivity contribution is 0.536. The highest BCUT2D eigenvalue weighted by molar-refractivity contribution is 7.09. The van der Waals surface area contributed by atoms with Gasteiger partial charge < -0.3 is 5.32 Å². The highest BCUT2D eigenvalue weighted by atomic mass is 35.5. The van der Waals surface area contributed by atoms with Gasteiger partial charge in [-0.05, 0) is 36.1 Å². The second-order valence-electron chi connectivity index (χ2n) is 4.37. The molecule has 1 aliphatic carbocycles. The fourth-order valence-corrected chi connectivity index (χ4v) is 3.05. The summed E-state index contributed by atoms with van der Waals surface area (Å²) < 4.78 is 0. The van der Waals surface area contributed by atoms with Gasteiger partial charge in [0, 0.05) is 28.7 Å². The van der Waals surface area contributed by atoms with Gasteiger partial charge in [0.1, 0.15) is 0 Å². The van der Waals surface area contributed by atoms with E-state index in [1.807, 2.05) is 17.8 Å². The average molecular weight is 265 g/mol. The number of nitrogens with one attached hydrogen (secondary N) is 1. The third kappa shape index (κ3) is 2.51. The summed E-state index contributed by atoms with van der Waals surface area (Å²) in [6, 6.07) is 6.74. The maximum absolute atomic E-state index is 6.00. The van der Waals surface area contributed by atoms with Crippen molar-refractivity contribution in [3.8, 4) is 0 Å². The van der Waals surface area contributed by atoms with E-state index in [0.717, 1.165) is 24.4 Å². The minimum absolute atomic E-state index is 0.533. The predicted octanol–water partition coefficient (Wildman–Crippen LogP) is 3.05. The number of hydrogen-bond acceptors (Lipinski definition) is 3. The Kier molecular flexibility index (Phi) is 3.14. The zero-order chi connectivity index (χ0) is 11.7. The monoisotopic (exact) mass is 264 g/mol. The molecule has 17 heavy (non-hydrogen) atoms. The number of halogens is 1. The highest BCUT2D eigenvalue weighted by Gasteiger charge is 2.20. The molecule has 1 unspecified atom stereocenters. The highest BCUT2D eigenvalue weighted by Crippen LogP contribution is 2.25. The summed E-state index contributed by atoms with van der Waals surface area (Å²) in [5.41, 5.74) is 4.69. The molecule has 1 aromatic heterocycles. The fourth-order valence-electron chi connectivity index (χ4n) is 2.31. The Morgan fingerprint density at radius 3 is 3.06 bits per heavy atom. The maximum Gasteiger partial charge on any atom is 0.0794 e. The van der Waals surface area contributed by atoms with Gasteiger partial charge >= 0.3 is 0 Å². The van der Waals surface area contributed by atoms with Crippen LogP contribution in [-0.2, 0) is 19.4 Å². The Morgan fingerprint density at radius 1 is 1.35 bits per heavy atom. The second-order valence-corrected chi connectivity index (χ2v) is 5.77. The van der Waals surface area contributed by atoms with E-state index in [1.165, 1.54) is 16.0 Å². The summed E-state index contributed by atoms with van der Waals surface area (Å²) in [6.45, 7) is 0.914.